The molecule has 13 heteroatoms. The van der Waals surface area contributed by atoms with Crippen LogP contribution in [0.1, 0.15) is 27.4 Å². The third kappa shape index (κ3) is 4.33. The molecule has 160 valence electrons. The predicted molar refractivity (Wildman–Crippen MR) is 101 cm³/mol. The van der Waals surface area contributed by atoms with Gasteiger partial charge < -0.3 is 0 Å². The number of rotatable bonds is 4. The maximum absolute atomic E-state index is 13.2. The minimum atomic E-state index is -4.67. The van der Waals surface area contributed by atoms with Gasteiger partial charge in [-0.3, -0.25) is 10.1 Å². The van der Waals surface area contributed by atoms with E-state index < -0.39 is 23.6 Å². The molecule has 0 aliphatic heterocycles. The third-order valence-electron chi connectivity index (χ3n) is 4.19. The number of fused-ring (bicyclic) bond motifs is 1. The number of benzene rings is 1. The van der Waals surface area contributed by atoms with Gasteiger partial charge in [0.05, 0.1) is 6.54 Å². The molecular formula is C18H12ClF4N7O. The van der Waals surface area contributed by atoms with Gasteiger partial charge in [0.15, 0.2) is 11.3 Å². The van der Waals surface area contributed by atoms with Crippen LogP contribution in [-0.2, 0) is 12.7 Å². The summed E-state index contributed by atoms with van der Waals surface area (Å²) >= 11 is 5.98. The molecule has 0 spiro atoms. The first kappa shape index (κ1) is 20.7. The molecule has 31 heavy (non-hydrogen) atoms. The summed E-state index contributed by atoms with van der Waals surface area (Å²) in [5, 5.41) is 10.3. The highest BCUT2D eigenvalue weighted by Gasteiger charge is 2.35. The van der Waals surface area contributed by atoms with Crippen molar-refractivity contribution >= 4 is 29.1 Å². The molecule has 4 rings (SSSR count). The molecule has 1 aromatic carbocycles. The Kier molecular flexibility index (Phi) is 5.09. The van der Waals surface area contributed by atoms with Crippen LogP contribution in [-0.4, -0.2) is 35.3 Å². The Morgan fingerprint density at radius 3 is 2.68 bits per heavy atom. The zero-order valence-corrected chi connectivity index (χ0v) is 16.4. The lowest BCUT2D eigenvalue weighted by Gasteiger charge is -2.08. The van der Waals surface area contributed by atoms with E-state index in [4.69, 9.17) is 11.6 Å². The largest absolute Gasteiger partial charge is 0.433 e. The van der Waals surface area contributed by atoms with Crippen molar-refractivity contribution in [2.24, 2.45) is 0 Å². The molecule has 0 aliphatic carbocycles. The number of amides is 1. The smallest absolute Gasteiger partial charge is 0.288 e. The first-order valence-electron chi connectivity index (χ1n) is 8.69. The molecule has 8 nitrogen and oxygen atoms in total. The molecule has 1 amide bonds. The van der Waals surface area contributed by atoms with Crippen LogP contribution in [0.15, 0.2) is 36.7 Å². The topological polar surface area (TPSA) is 90.0 Å². The number of nitrogens with zero attached hydrogens (tertiary/aromatic N) is 6. The summed E-state index contributed by atoms with van der Waals surface area (Å²) in [4.78, 5) is 20.3. The maximum Gasteiger partial charge on any atom is 0.433 e. The van der Waals surface area contributed by atoms with Gasteiger partial charge in [-0.25, -0.2) is 23.6 Å². The summed E-state index contributed by atoms with van der Waals surface area (Å²) in [6.07, 6.45) is -3.36. The van der Waals surface area contributed by atoms with Crippen molar-refractivity contribution in [3.05, 3.63) is 70.1 Å². The fraction of sp³-hybridized carbons (Fsp3) is 0.167. The van der Waals surface area contributed by atoms with E-state index in [1.165, 1.54) is 30.1 Å². The summed E-state index contributed by atoms with van der Waals surface area (Å²) in [6, 6.07) is 5.86. The molecule has 3 aromatic heterocycles. The number of alkyl halides is 3. The quantitative estimate of drug-likeness (QED) is 0.475. The van der Waals surface area contributed by atoms with Crippen LogP contribution in [0.5, 0.6) is 0 Å². The Morgan fingerprint density at radius 1 is 1.19 bits per heavy atom. The first-order chi connectivity index (χ1) is 14.6. The van der Waals surface area contributed by atoms with Crippen molar-refractivity contribution in [1.29, 1.82) is 0 Å². The van der Waals surface area contributed by atoms with E-state index in [1.54, 1.807) is 0 Å². The van der Waals surface area contributed by atoms with Crippen LogP contribution in [0.2, 0.25) is 5.02 Å². The number of hydrogen-bond donors (Lipinski definition) is 1. The molecule has 0 atom stereocenters. The second kappa shape index (κ2) is 7.61. The van der Waals surface area contributed by atoms with Crippen LogP contribution in [0, 0.1) is 12.7 Å². The standard InChI is InChI=1S/C18H12ClF4N7O/c1-9-4-14(18(21,22)23)30-15(25-9)6-13(27-30)16(31)26-17-24-8-29(28-17)7-10-2-3-11(20)5-12(10)19/h2-6,8H,7H2,1H3,(H,26,28,31). The van der Waals surface area contributed by atoms with E-state index in [9.17, 15) is 22.4 Å². The van der Waals surface area contributed by atoms with Crippen molar-refractivity contribution < 1.29 is 22.4 Å². The highest BCUT2D eigenvalue weighted by Crippen LogP contribution is 2.30. The summed E-state index contributed by atoms with van der Waals surface area (Å²) in [5.74, 6) is -1.39. The molecule has 0 bridgehead atoms. The zero-order valence-electron chi connectivity index (χ0n) is 15.7. The van der Waals surface area contributed by atoms with Crippen molar-refractivity contribution in [3.63, 3.8) is 0 Å². The van der Waals surface area contributed by atoms with Gasteiger partial charge in [0, 0.05) is 16.8 Å². The summed E-state index contributed by atoms with van der Waals surface area (Å²) in [5.41, 5.74) is -0.755. The van der Waals surface area contributed by atoms with E-state index in [0.29, 0.717) is 10.1 Å². The average molecular weight is 454 g/mol. The number of aromatic nitrogens is 6. The van der Waals surface area contributed by atoms with Crippen molar-refractivity contribution in [2.75, 3.05) is 5.32 Å². The Labute approximate surface area is 176 Å². The van der Waals surface area contributed by atoms with E-state index >= 15 is 0 Å². The monoisotopic (exact) mass is 453 g/mol. The number of anilines is 1. The Balaban J connectivity index is 1.54. The molecule has 0 fully saturated rings. The van der Waals surface area contributed by atoms with E-state index in [1.807, 2.05) is 0 Å². The van der Waals surface area contributed by atoms with E-state index in [0.717, 1.165) is 18.2 Å². The number of carbonyl (C=O) groups is 1. The lowest BCUT2D eigenvalue weighted by molar-refractivity contribution is -0.142. The average Bonchev–Trinajstić information content (AvgIpc) is 3.29. The number of carbonyl (C=O) groups excluding carboxylic acids is 1. The molecule has 0 saturated carbocycles. The lowest BCUT2D eigenvalue weighted by Crippen LogP contribution is -2.16. The Bertz CT molecular complexity index is 1300. The molecule has 3 heterocycles. The fourth-order valence-corrected chi connectivity index (χ4v) is 3.06. The number of halogens is 5. The minimum absolute atomic E-state index is 0.0968. The summed E-state index contributed by atoms with van der Waals surface area (Å²) in [7, 11) is 0. The molecule has 0 aliphatic rings. The number of hydrogen-bond acceptors (Lipinski definition) is 5. The van der Waals surface area contributed by atoms with Crippen LogP contribution in [0.3, 0.4) is 0 Å². The van der Waals surface area contributed by atoms with Crippen molar-refractivity contribution in [2.45, 2.75) is 19.6 Å². The van der Waals surface area contributed by atoms with Crippen molar-refractivity contribution in [3.8, 4) is 0 Å². The normalized spacial score (nSPS) is 11.8. The molecule has 0 unspecified atom stereocenters. The van der Waals surface area contributed by atoms with Gasteiger partial charge in [0.1, 0.15) is 17.8 Å². The molecule has 0 radical (unpaired) electrons. The molecule has 4 aromatic rings. The summed E-state index contributed by atoms with van der Waals surface area (Å²) < 4.78 is 54.8. The minimum Gasteiger partial charge on any atom is -0.288 e. The predicted octanol–water partition coefficient (Wildman–Crippen LogP) is 3.74. The van der Waals surface area contributed by atoms with Gasteiger partial charge in [0.25, 0.3) is 5.91 Å². The van der Waals surface area contributed by atoms with Gasteiger partial charge in [-0.15, -0.1) is 5.10 Å². The molecular weight excluding hydrogens is 442 g/mol. The molecule has 0 saturated heterocycles. The maximum atomic E-state index is 13.2. The number of nitrogens with one attached hydrogen (secondary N) is 1. The van der Waals surface area contributed by atoms with Crippen LogP contribution < -0.4 is 5.32 Å². The lowest BCUT2D eigenvalue weighted by atomic mass is 10.2. The number of aryl methyl sites for hydroxylation is 1. The van der Waals surface area contributed by atoms with Crippen molar-refractivity contribution in [1.82, 2.24) is 29.4 Å². The SMILES string of the molecule is Cc1cc(C(F)(F)F)n2nc(C(=O)Nc3ncn(Cc4ccc(F)cc4Cl)n3)cc2n1. The highest BCUT2D eigenvalue weighted by molar-refractivity contribution is 6.31. The van der Waals surface area contributed by atoms with Gasteiger partial charge >= 0.3 is 6.18 Å². The zero-order chi connectivity index (χ0) is 22.3. The van der Waals surface area contributed by atoms with Crippen LogP contribution >= 0.6 is 11.6 Å². The summed E-state index contributed by atoms with van der Waals surface area (Å²) in [6.45, 7) is 1.57. The Hall–Kier alpha value is -3.54. The van der Waals surface area contributed by atoms with E-state index in [2.05, 4.69) is 25.5 Å². The van der Waals surface area contributed by atoms with Gasteiger partial charge in [0.2, 0.25) is 5.95 Å². The second-order valence-corrected chi connectivity index (χ2v) is 6.94. The van der Waals surface area contributed by atoms with Crippen LogP contribution in [0.4, 0.5) is 23.5 Å². The second-order valence-electron chi connectivity index (χ2n) is 6.54. The van der Waals surface area contributed by atoms with Gasteiger partial charge in [-0.2, -0.15) is 18.3 Å². The third-order valence-corrected chi connectivity index (χ3v) is 4.54. The Morgan fingerprint density at radius 2 is 1.97 bits per heavy atom. The highest BCUT2D eigenvalue weighted by atomic mass is 35.5. The van der Waals surface area contributed by atoms with Gasteiger partial charge in [-0.05, 0) is 30.7 Å². The molecule has 1 N–H and O–H groups in total. The van der Waals surface area contributed by atoms with E-state index in [-0.39, 0.29) is 34.6 Å². The van der Waals surface area contributed by atoms with Crippen LogP contribution in [0.25, 0.3) is 5.65 Å². The van der Waals surface area contributed by atoms with Gasteiger partial charge in [-0.1, -0.05) is 17.7 Å². The first-order valence-corrected chi connectivity index (χ1v) is 9.07. The fourth-order valence-electron chi connectivity index (χ4n) is 2.83.